The fraction of sp³-hybridized carbons (Fsp3) is 0.312. The summed E-state index contributed by atoms with van der Waals surface area (Å²) in [7, 11) is -3.40. The van der Waals surface area contributed by atoms with Gasteiger partial charge in [-0.25, -0.2) is 8.42 Å². The summed E-state index contributed by atoms with van der Waals surface area (Å²) in [4.78, 5) is 4.04. The maximum absolute atomic E-state index is 12.2. The second-order valence-electron chi connectivity index (χ2n) is 5.09. The van der Waals surface area contributed by atoms with Crippen LogP contribution in [0.25, 0.3) is 0 Å². The summed E-state index contributed by atoms with van der Waals surface area (Å²) >= 11 is 2.16. The van der Waals surface area contributed by atoms with Crippen LogP contribution in [0.4, 0.5) is 5.69 Å². The monoisotopic (exact) mass is 446 g/mol. The molecule has 0 bridgehead atoms. The van der Waals surface area contributed by atoms with Gasteiger partial charge in [-0.15, -0.1) is 0 Å². The highest BCUT2D eigenvalue weighted by Gasteiger charge is 2.19. The van der Waals surface area contributed by atoms with Gasteiger partial charge < -0.3 is 4.74 Å². The Balaban J connectivity index is 2.31. The van der Waals surface area contributed by atoms with Crippen molar-refractivity contribution in [2.24, 2.45) is 0 Å². The number of rotatable bonds is 7. The molecule has 2 rings (SSSR count). The molecule has 0 radical (unpaired) electrons. The van der Waals surface area contributed by atoms with Gasteiger partial charge in [-0.1, -0.05) is 13.0 Å². The van der Waals surface area contributed by atoms with Crippen molar-refractivity contribution in [1.82, 2.24) is 4.98 Å². The molecule has 0 aliphatic carbocycles. The van der Waals surface area contributed by atoms with Gasteiger partial charge in [0.15, 0.2) is 0 Å². The molecule has 1 aromatic carbocycles. The van der Waals surface area contributed by atoms with Crippen molar-refractivity contribution in [1.29, 1.82) is 0 Å². The second kappa shape index (κ2) is 7.96. The van der Waals surface area contributed by atoms with Crippen molar-refractivity contribution in [3.63, 3.8) is 0 Å². The molecule has 5 nitrogen and oxygen atoms in total. The third-order valence-corrected chi connectivity index (χ3v) is 5.10. The molecule has 23 heavy (non-hydrogen) atoms. The Bertz CT molecular complexity index is 751. The predicted octanol–water partition coefficient (Wildman–Crippen LogP) is 3.44. The molecule has 1 aromatic heterocycles. The Kier molecular flexibility index (Phi) is 6.23. The fourth-order valence-corrected chi connectivity index (χ4v) is 3.57. The van der Waals surface area contributed by atoms with Gasteiger partial charge in [0.2, 0.25) is 10.0 Å². The van der Waals surface area contributed by atoms with Crippen molar-refractivity contribution >= 4 is 38.3 Å². The standard InChI is InChI=1S/C16H19IN2O3S/c1-3-9-22-16-7-6-14(10-15(16)17)19(23(2,20)21)12-13-5-4-8-18-11-13/h4-8,10-11H,3,9,12H2,1-2H3. The molecule has 0 amide bonds. The first-order valence-electron chi connectivity index (χ1n) is 7.20. The Morgan fingerprint density at radius 1 is 1.30 bits per heavy atom. The molecule has 1 heterocycles. The molecule has 0 atom stereocenters. The lowest BCUT2D eigenvalue weighted by molar-refractivity contribution is 0.315. The van der Waals surface area contributed by atoms with Gasteiger partial charge in [-0.05, 0) is 58.8 Å². The molecule has 0 unspecified atom stereocenters. The topological polar surface area (TPSA) is 59.5 Å². The SMILES string of the molecule is CCCOc1ccc(N(Cc2cccnc2)S(C)(=O)=O)cc1I. The average Bonchev–Trinajstić information content (AvgIpc) is 2.51. The largest absolute Gasteiger partial charge is 0.492 e. The van der Waals surface area contributed by atoms with Crippen LogP contribution in [0, 0.1) is 3.57 Å². The molecule has 124 valence electrons. The van der Waals surface area contributed by atoms with Crippen LogP contribution in [-0.4, -0.2) is 26.3 Å². The fourth-order valence-electron chi connectivity index (χ4n) is 2.03. The number of hydrogen-bond acceptors (Lipinski definition) is 4. The van der Waals surface area contributed by atoms with Gasteiger partial charge in [0.25, 0.3) is 0 Å². The molecule has 0 aliphatic heterocycles. The summed E-state index contributed by atoms with van der Waals surface area (Å²) in [6.45, 7) is 2.93. The molecule has 0 spiro atoms. The first-order chi connectivity index (χ1) is 10.9. The van der Waals surface area contributed by atoms with Gasteiger partial charge in [0, 0.05) is 12.4 Å². The summed E-state index contributed by atoms with van der Waals surface area (Å²) in [6, 6.07) is 9.05. The van der Waals surface area contributed by atoms with Gasteiger partial charge in [0.05, 0.1) is 28.7 Å². The first-order valence-corrected chi connectivity index (χ1v) is 10.1. The second-order valence-corrected chi connectivity index (χ2v) is 8.16. The van der Waals surface area contributed by atoms with Crippen molar-refractivity contribution in [3.05, 3.63) is 51.9 Å². The van der Waals surface area contributed by atoms with E-state index in [-0.39, 0.29) is 6.54 Å². The van der Waals surface area contributed by atoms with E-state index < -0.39 is 10.0 Å². The number of hydrogen-bond donors (Lipinski definition) is 0. The number of aromatic nitrogens is 1. The summed E-state index contributed by atoms with van der Waals surface area (Å²) in [6.07, 6.45) is 5.46. The maximum atomic E-state index is 12.2. The molecule has 0 aliphatic rings. The third-order valence-electron chi connectivity index (χ3n) is 3.11. The summed E-state index contributed by atoms with van der Waals surface area (Å²) in [5.41, 5.74) is 1.45. The van der Waals surface area contributed by atoms with Crippen LogP contribution >= 0.6 is 22.6 Å². The van der Waals surface area contributed by atoms with E-state index in [0.29, 0.717) is 12.3 Å². The molecular weight excluding hydrogens is 427 g/mol. The maximum Gasteiger partial charge on any atom is 0.232 e. The van der Waals surface area contributed by atoms with Crippen molar-refractivity contribution in [2.45, 2.75) is 19.9 Å². The van der Waals surface area contributed by atoms with Crippen LogP contribution in [0.1, 0.15) is 18.9 Å². The zero-order valence-electron chi connectivity index (χ0n) is 13.1. The summed E-state index contributed by atoms with van der Waals surface area (Å²) in [5, 5.41) is 0. The van der Waals surface area contributed by atoms with Crippen LogP contribution in [0.5, 0.6) is 5.75 Å². The number of nitrogens with zero attached hydrogens (tertiary/aromatic N) is 2. The average molecular weight is 446 g/mol. The predicted molar refractivity (Wildman–Crippen MR) is 100 cm³/mol. The molecule has 2 aromatic rings. The molecular formula is C16H19IN2O3S. The smallest absolute Gasteiger partial charge is 0.232 e. The molecule has 0 N–H and O–H groups in total. The van der Waals surface area contributed by atoms with Crippen molar-refractivity contribution in [2.75, 3.05) is 17.2 Å². The van der Waals surface area contributed by atoms with E-state index in [1.165, 1.54) is 10.6 Å². The Labute approximate surface area is 150 Å². The lowest BCUT2D eigenvalue weighted by atomic mass is 10.2. The zero-order valence-corrected chi connectivity index (χ0v) is 16.0. The third kappa shape index (κ3) is 5.07. The first kappa shape index (κ1) is 18.0. The molecule has 0 fully saturated rings. The number of benzene rings is 1. The van der Waals surface area contributed by atoms with Crippen LogP contribution < -0.4 is 9.04 Å². The van der Waals surface area contributed by atoms with Gasteiger partial charge >= 0.3 is 0 Å². The lowest BCUT2D eigenvalue weighted by Gasteiger charge is -2.23. The highest BCUT2D eigenvalue weighted by molar-refractivity contribution is 14.1. The van der Waals surface area contributed by atoms with Crippen LogP contribution in [0.2, 0.25) is 0 Å². The van der Waals surface area contributed by atoms with Crippen molar-refractivity contribution < 1.29 is 13.2 Å². The van der Waals surface area contributed by atoms with E-state index >= 15 is 0 Å². The number of halogens is 1. The van der Waals surface area contributed by atoms with Crippen LogP contribution in [-0.2, 0) is 16.6 Å². The zero-order chi connectivity index (χ0) is 16.9. The lowest BCUT2D eigenvalue weighted by Crippen LogP contribution is -2.29. The van der Waals surface area contributed by atoms with E-state index in [2.05, 4.69) is 27.6 Å². The number of pyridine rings is 1. The normalized spacial score (nSPS) is 11.3. The van der Waals surface area contributed by atoms with E-state index in [1.807, 2.05) is 25.1 Å². The highest BCUT2D eigenvalue weighted by atomic mass is 127. The van der Waals surface area contributed by atoms with E-state index in [1.54, 1.807) is 24.5 Å². The minimum atomic E-state index is -3.40. The minimum Gasteiger partial charge on any atom is -0.492 e. The number of anilines is 1. The summed E-state index contributed by atoms with van der Waals surface area (Å²) < 4.78 is 32.2. The van der Waals surface area contributed by atoms with E-state index in [4.69, 9.17) is 4.74 Å². The van der Waals surface area contributed by atoms with Gasteiger partial charge in [0.1, 0.15) is 5.75 Å². The minimum absolute atomic E-state index is 0.248. The molecule has 0 saturated heterocycles. The van der Waals surface area contributed by atoms with Crippen LogP contribution in [0.15, 0.2) is 42.7 Å². The summed E-state index contributed by atoms with van der Waals surface area (Å²) in [5.74, 6) is 0.769. The van der Waals surface area contributed by atoms with E-state index in [0.717, 1.165) is 21.3 Å². The number of sulfonamides is 1. The molecule has 7 heteroatoms. The van der Waals surface area contributed by atoms with Gasteiger partial charge in [-0.3, -0.25) is 9.29 Å². The van der Waals surface area contributed by atoms with Crippen molar-refractivity contribution in [3.8, 4) is 5.75 Å². The van der Waals surface area contributed by atoms with Crippen LogP contribution in [0.3, 0.4) is 0 Å². The Hall–Kier alpha value is -1.35. The highest BCUT2D eigenvalue weighted by Crippen LogP contribution is 2.29. The number of ether oxygens (including phenoxy) is 1. The molecule has 0 saturated carbocycles. The Morgan fingerprint density at radius 3 is 2.65 bits per heavy atom. The van der Waals surface area contributed by atoms with E-state index in [9.17, 15) is 8.42 Å². The quantitative estimate of drug-likeness (QED) is 0.612. The van der Waals surface area contributed by atoms with Gasteiger partial charge in [-0.2, -0.15) is 0 Å². The Morgan fingerprint density at radius 2 is 2.09 bits per heavy atom.